The predicted octanol–water partition coefficient (Wildman–Crippen LogP) is 4.11. The van der Waals surface area contributed by atoms with Crippen LogP contribution < -0.4 is 4.74 Å². The fourth-order valence-electron chi connectivity index (χ4n) is 3.97. The third-order valence-electron chi connectivity index (χ3n) is 5.18. The Hall–Kier alpha value is -1.67. The van der Waals surface area contributed by atoms with Crippen LogP contribution in [0.1, 0.15) is 29.8 Å². The van der Waals surface area contributed by atoms with Gasteiger partial charge < -0.3 is 9.64 Å². The Bertz CT molecular complexity index is 797. The molecule has 3 fully saturated rings. The van der Waals surface area contributed by atoms with Crippen LogP contribution in [0.15, 0.2) is 18.2 Å². The molecule has 1 aromatic carbocycles. The predicted molar refractivity (Wildman–Crippen MR) is 87.9 cm³/mol. The van der Waals surface area contributed by atoms with E-state index in [4.69, 9.17) is 0 Å². The number of alkyl halides is 3. The number of halogens is 3. The molecular formula is C17H17F3N2O2S. The molecule has 4 nitrogen and oxygen atoms in total. The van der Waals surface area contributed by atoms with Crippen LogP contribution in [0.3, 0.4) is 0 Å². The van der Waals surface area contributed by atoms with E-state index >= 15 is 0 Å². The van der Waals surface area contributed by atoms with Crippen LogP contribution in [0.5, 0.6) is 5.75 Å². The number of ether oxygens (including phenoxy) is 1. The van der Waals surface area contributed by atoms with E-state index in [1.165, 1.54) is 18.2 Å². The first-order chi connectivity index (χ1) is 11.9. The molecule has 0 amide bonds. The molecule has 0 saturated carbocycles. The Balaban J connectivity index is 1.52. The molecule has 0 aliphatic carbocycles. The number of aromatic nitrogens is 1. The van der Waals surface area contributed by atoms with Gasteiger partial charge in [0.25, 0.3) is 0 Å². The number of rotatable bonds is 4. The van der Waals surface area contributed by atoms with Gasteiger partial charge in [-0.05, 0) is 67.5 Å². The lowest BCUT2D eigenvalue weighted by Crippen LogP contribution is -2.47. The fourth-order valence-corrected chi connectivity index (χ4v) is 4.79. The molecule has 2 bridgehead atoms. The molecule has 1 atom stereocenters. The zero-order valence-electron chi connectivity index (χ0n) is 13.4. The largest absolute Gasteiger partial charge is 0.573 e. The van der Waals surface area contributed by atoms with Gasteiger partial charge in [0.15, 0.2) is 5.78 Å². The van der Waals surface area contributed by atoms with Gasteiger partial charge in [-0.3, -0.25) is 4.79 Å². The average Bonchev–Trinajstić information content (AvgIpc) is 2.97. The summed E-state index contributed by atoms with van der Waals surface area (Å²) in [6.07, 6.45) is -1.98. The van der Waals surface area contributed by atoms with E-state index in [1.54, 1.807) is 0 Å². The van der Waals surface area contributed by atoms with Crippen molar-refractivity contribution in [2.24, 2.45) is 11.8 Å². The van der Waals surface area contributed by atoms with Crippen molar-refractivity contribution < 1.29 is 22.7 Å². The standard InChI is InChI=1S/C17H17F3N2O2S/c18-17(19,20)24-12-1-2-13-15(8-12)25-21-16(13)14(23)7-11-9-22-5-3-10(11)4-6-22/h1-2,8,10-11H,3-7,9H2/t11-/m1/s1. The number of hydrogen-bond donors (Lipinski definition) is 0. The van der Waals surface area contributed by atoms with Crippen molar-refractivity contribution in [3.8, 4) is 5.75 Å². The van der Waals surface area contributed by atoms with Crippen molar-refractivity contribution in [3.63, 3.8) is 0 Å². The van der Waals surface area contributed by atoms with Gasteiger partial charge in [0.1, 0.15) is 11.4 Å². The van der Waals surface area contributed by atoms with Crippen LogP contribution in [-0.2, 0) is 0 Å². The molecule has 3 saturated heterocycles. The number of fused-ring (bicyclic) bond motifs is 4. The number of benzene rings is 1. The summed E-state index contributed by atoms with van der Waals surface area (Å²) in [5, 5.41) is 0.603. The Morgan fingerprint density at radius 2 is 2.08 bits per heavy atom. The van der Waals surface area contributed by atoms with Crippen LogP contribution in [-0.4, -0.2) is 41.1 Å². The normalized spacial score (nSPS) is 26.1. The fraction of sp³-hybridized carbons (Fsp3) is 0.529. The smallest absolute Gasteiger partial charge is 0.406 e. The molecule has 25 heavy (non-hydrogen) atoms. The van der Waals surface area contributed by atoms with Crippen molar-refractivity contribution in [1.29, 1.82) is 0 Å². The first kappa shape index (κ1) is 16.8. The van der Waals surface area contributed by atoms with Gasteiger partial charge in [0, 0.05) is 18.4 Å². The number of carbonyl (C=O) groups excluding carboxylic acids is 1. The third kappa shape index (κ3) is 3.50. The first-order valence-corrected chi connectivity index (χ1v) is 9.07. The van der Waals surface area contributed by atoms with Crippen molar-refractivity contribution >= 4 is 27.4 Å². The Kier molecular flexibility index (Phi) is 4.19. The monoisotopic (exact) mass is 370 g/mol. The Labute approximate surface area is 146 Å². The summed E-state index contributed by atoms with van der Waals surface area (Å²) < 4.78 is 45.6. The first-order valence-electron chi connectivity index (χ1n) is 8.30. The number of carbonyl (C=O) groups is 1. The third-order valence-corrected chi connectivity index (χ3v) is 5.99. The summed E-state index contributed by atoms with van der Waals surface area (Å²) >= 11 is 1.03. The van der Waals surface area contributed by atoms with Crippen molar-refractivity contribution in [1.82, 2.24) is 9.27 Å². The summed E-state index contributed by atoms with van der Waals surface area (Å²) in [6.45, 7) is 3.20. The van der Waals surface area contributed by atoms with E-state index in [9.17, 15) is 18.0 Å². The second kappa shape index (κ2) is 6.25. The van der Waals surface area contributed by atoms with Crippen LogP contribution >= 0.6 is 11.5 Å². The molecule has 3 aliphatic heterocycles. The lowest BCUT2D eigenvalue weighted by Gasteiger charge is -2.44. The van der Waals surface area contributed by atoms with Crippen LogP contribution in [0.2, 0.25) is 0 Å². The number of nitrogens with zero attached hydrogens (tertiary/aromatic N) is 2. The summed E-state index contributed by atoms with van der Waals surface area (Å²) in [7, 11) is 0. The van der Waals surface area contributed by atoms with Gasteiger partial charge in [-0.15, -0.1) is 13.2 Å². The zero-order valence-corrected chi connectivity index (χ0v) is 14.2. The lowest BCUT2D eigenvalue weighted by atomic mass is 9.76. The minimum absolute atomic E-state index is 0.0190. The van der Waals surface area contributed by atoms with Crippen molar-refractivity contribution in [3.05, 3.63) is 23.9 Å². The second-order valence-corrected chi connectivity index (χ2v) is 7.57. The van der Waals surface area contributed by atoms with Crippen LogP contribution in [0, 0.1) is 11.8 Å². The minimum atomic E-state index is -4.73. The van der Waals surface area contributed by atoms with Crippen LogP contribution in [0.4, 0.5) is 13.2 Å². The minimum Gasteiger partial charge on any atom is -0.406 e. The van der Waals surface area contributed by atoms with Crippen molar-refractivity contribution in [2.45, 2.75) is 25.6 Å². The highest BCUT2D eigenvalue weighted by Gasteiger charge is 2.36. The van der Waals surface area contributed by atoms with Gasteiger partial charge in [-0.2, -0.15) is 4.37 Å². The second-order valence-electron chi connectivity index (χ2n) is 6.76. The summed E-state index contributed by atoms with van der Waals surface area (Å²) in [6, 6.07) is 4.00. The molecule has 3 aliphatic rings. The highest BCUT2D eigenvalue weighted by molar-refractivity contribution is 7.13. The zero-order chi connectivity index (χ0) is 17.6. The molecule has 0 N–H and O–H groups in total. The average molecular weight is 370 g/mol. The SMILES string of the molecule is O=C(C[C@@H]1CN2CCC1CC2)c1nsc2cc(OC(F)(F)F)ccc12. The molecule has 0 unspecified atom stereocenters. The van der Waals surface area contributed by atoms with Crippen LogP contribution in [0.25, 0.3) is 10.1 Å². The maximum Gasteiger partial charge on any atom is 0.573 e. The molecule has 5 rings (SSSR count). The maximum absolute atomic E-state index is 12.7. The van der Waals surface area contributed by atoms with E-state index in [0.717, 1.165) is 44.0 Å². The number of piperidine rings is 3. The van der Waals surface area contributed by atoms with Gasteiger partial charge in [-0.25, -0.2) is 0 Å². The number of Topliss-reactive ketones (excluding diaryl/α,β-unsaturated/α-hetero) is 1. The van der Waals surface area contributed by atoms with E-state index in [0.29, 0.717) is 34.0 Å². The van der Waals surface area contributed by atoms with E-state index in [2.05, 4.69) is 14.0 Å². The quantitative estimate of drug-likeness (QED) is 0.760. The molecular weight excluding hydrogens is 353 g/mol. The van der Waals surface area contributed by atoms with E-state index in [-0.39, 0.29) is 11.5 Å². The number of hydrogen-bond acceptors (Lipinski definition) is 5. The van der Waals surface area contributed by atoms with Gasteiger partial charge in [0.2, 0.25) is 0 Å². The molecule has 0 radical (unpaired) electrons. The Morgan fingerprint density at radius 1 is 1.32 bits per heavy atom. The molecule has 0 spiro atoms. The molecule has 1 aromatic heterocycles. The molecule has 134 valence electrons. The van der Waals surface area contributed by atoms with E-state index in [1.807, 2.05) is 0 Å². The Morgan fingerprint density at radius 3 is 2.72 bits per heavy atom. The van der Waals surface area contributed by atoms with E-state index < -0.39 is 6.36 Å². The van der Waals surface area contributed by atoms with Crippen molar-refractivity contribution in [2.75, 3.05) is 19.6 Å². The van der Waals surface area contributed by atoms with Gasteiger partial charge in [0.05, 0.1) is 4.70 Å². The van der Waals surface area contributed by atoms with Gasteiger partial charge in [-0.1, -0.05) is 0 Å². The molecule has 4 heterocycles. The topological polar surface area (TPSA) is 42.4 Å². The summed E-state index contributed by atoms with van der Waals surface area (Å²) in [5.74, 6) is 0.653. The maximum atomic E-state index is 12.7. The highest BCUT2D eigenvalue weighted by Crippen LogP contribution is 2.36. The molecule has 2 aromatic rings. The lowest BCUT2D eigenvalue weighted by molar-refractivity contribution is -0.274. The molecule has 8 heteroatoms. The van der Waals surface area contributed by atoms with Gasteiger partial charge >= 0.3 is 6.36 Å². The summed E-state index contributed by atoms with van der Waals surface area (Å²) in [5.41, 5.74) is 0.370. The number of ketones is 1. The summed E-state index contributed by atoms with van der Waals surface area (Å²) in [4.78, 5) is 15.1. The highest BCUT2D eigenvalue weighted by atomic mass is 32.1.